The van der Waals surface area contributed by atoms with Gasteiger partial charge in [0, 0.05) is 44.8 Å². The molecule has 4 N–H and O–H groups in total. The second-order valence-electron chi connectivity index (χ2n) is 9.91. The van der Waals surface area contributed by atoms with Crippen molar-refractivity contribution < 1.29 is 13.9 Å². The molecule has 0 aromatic rings. The first-order valence-corrected chi connectivity index (χ1v) is 12.2. The number of likely N-dealkylation sites (N-methyl/N-ethyl adjacent to an activating group) is 1. The molecule has 0 bridgehead atoms. The van der Waals surface area contributed by atoms with E-state index in [2.05, 4.69) is 46.2 Å². The van der Waals surface area contributed by atoms with Gasteiger partial charge in [0.05, 0.1) is 18.9 Å². The Morgan fingerprint density at radius 1 is 1.32 bits per heavy atom. The standard InChI is InChI=1S/C23H42FN5O2/c1-15-13-19(25-8-12-30-3)28-23(26-15)27-18-14-17-7-11-31-22(17)20(21(18)24)16-5-4-9-29(2)10-6-16/h6,15,17-23,25-28H,4-5,7-14H2,1-3H3. The zero-order chi connectivity index (χ0) is 21.8. The molecule has 0 radical (unpaired) electrons. The van der Waals surface area contributed by atoms with Gasteiger partial charge in [0.1, 0.15) is 12.5 Å². The number of hydrogen-bond acceptors (Lipinski definition) is 7. The number of ether oxygens (including phenoxy) is 2. The summed E-state index contributed by atoms with van der Waals surface area (Å²) in [7, 11) is 3.86. The highest BCUT2D eigenvalue weighted by molar-refractivity contribution is 5.18. The maximum absolute atomic E-state index is 16.1. The van der Waals surface area contributed by atoms with E-state index in [1.54, 1.807) is 7.11 Å². The van der Waals surface area contributed by atoms with Crippen molar-refractivity contribution in [2.75, 3.05) is 47.0 Å². The van der Waals surface area contributed by atoms with Crippen LogP contribution in [0.15, 0.2) is 11.6 Å². The third-order valence-corrected chi connectivity index (χ3v) is 7.49. The molecule has 7 nitrogen and oxygen atoms in total. The lowest BCUT2D eigenvalue weighted by atomic mass is 9.71. The average molecular weight is 440 g/mol. The van der Waals surface area contributed by atoms with Crippen LogP contribution in [0.25, 0.3) is 0 Å². The smallest absolute Gasteiger partial charge is 0.124 e. The largest absolute Gasteiger partial charge is 0.383 e. The maximum atomic E-state index is 16.1. The Kier molecular flexibility index (Phi) is 8.36. The highest BCUT2D eigenvalue weighted by Crippen LogP contribution is 2.44. The van der Waals surface area contributed by atoms with E-state index in [1.807, 2.05) is 0 Å². The maximum Gasteiger partial charge on any atom is 0.124 e. The van der Waals surface area contributed by atoms with Crippen LogP contribution in [0.2, 0.25) is 0 Å². The molecule has 1 saturated carbocycles. The molecule has 178 valence electrons. The van der Waals surface area contributed by atoms with Gasteiger partial charge >= 0.3 is 0 Å². The van der Waals surface area contributed by atoms with E-state index in [0.29, 0.717) is 18.6 Å². The molecule has 0 aromatic heterocycles. The minimum Gasteiger partial charge on any atom is -0.383 e. The Hall–Kier alpha value is -0.610. The first-order chi connectivity index (χ1) is 15.0. The first kappa shape index (κ1) is 23.5. The number of hydrogen-bond donors (Lipinski definition) is 4. The summed E-state index contributed by atoms with van der Waals surface area (Å²) in [5.74, 6) is 0.315. The van der Waals surface area contributed by atoms with Crippen LogP contribution in [0, 0.1) is 11.8 Å². The van der Waals surface area contributed by atoms with E-state index in [4.69, 9.17) is 9.47 Å². The Morgan fingerprint density at radius 2 is 2.19 bits per heavy atom. The summed E-state index contributed by atoms with van der Waals surface area (Å²) in [6, 6.07) is 0.170. The molecule has 4 aliphatic rings. The van der Waals surface area contributed by atoms with Crippen LogP contribution >= 0.6 is 0 Å². The lowest BCUT2D eigenvalue weighted by molar-refractivity contribution is -0.0263. The Morgan fingerprint density at radius 3 is 3.03 bits per heavy atom. The molecule has 8 atom stereocenters. The van der Waals surface area contributed by atoms with Crippen molar-refractivity contribution >= 4 is 0 Å². The van der Waals surface area contributed by atoms with Crippen LogP contribution in [-0.2, 0) is 9.47 Å². The Balaban J connectivity index is 1.43. The molecule has 2 saturated heterocycles. The van der Waals surface area contributed by atoms with Gasteiger partial charge in [0.15, 0.2) is 0 Å². The van der Waals surface area contributed by atoms with Crippen molar-refractivity contribution in [3.8, 4) is 0 Å². The minimum absolute atomic E-state index is 0.0392. The molecule has 0 amide bonds. The highest BCUT2D eigenvalue weighted by Gasteiger charge is 2.49. The molecule has 1 aliphatic carbocycles. The second kappa shape index (κ2) is 11.0. The number of nitrogens with one attached hydrogen (secondary N) is 4. The number of fused-ring (bicyclic) bond motifs is 1. The van der Waals surface area contributed by atoms with E-state index in [0.717, 1.165) is 58.3 Å². The number of methoxy groups -OCH3 is 1. The van der Waals surface area contributed by atoms with E-state index < -0.39 is 6.17 Å². The van der Waals surface area contributed by atoms with Crippen molar-refractivity contribution in [2.45, 2.75) is 75.8 Å². The van der Waals surface area contributed by atoms with Crippen LogP contribution in [0.4, 0.5) is 4.39 Å². The predicted octanol–water partition coefficient (Wildman–Crippen LogP) is 1.18. The molecule has 3 fully saturated rings. The van der Waals surface area contributed by atoms with Gasteiger partial charge < -0.3 is 14.4 Å². The Bertz CT molecular complexity index is 609. The summed E-state index contributed by atoms with van der Waals surface area (Å²) in [4.78, 5) is 2.32. The molecule has 8 unspecified atom stereocenters. The van der Waals surface area contributed by atoms with Crippen LogP contribution in [0.3, 0.4) is 0 Å². The van der Waals surface area contributed by atoms with Gasteiger partial charge in [-0.1, -0.05) is 11.6 Å². The van der Waals surface area contributed by atoms with E-state index in [-0.39, 0.29) is 30.5 Å². The van der Waals surface area contributed by atoms with Crippen molar-refractivity contribution in [1.82, 2.24) is 26.2 Å². The fourth-order valence-electron chi connectivity index (χ4n) is 5.90. The molecule has 0 spiro atoms. The van der Waals surface area contributed by atoms with Crippen molar-refractivity contribution in [3.05, 3.63) is 11.6 Å². The van der Waals surface area contributed by atoms with E-state index in [9.17, 15) is 0 Å². The monoisotopic (exact) mass is 439 g/mol. The van der Waals surface area contributed by atoms with Crippen molar-refractivity contribution in [1.29, 1.82) is 0 Å². The Labute approximate surface area is 186 Å². The lowest BCUT2D eigenvalue weighted by Crippen LogP contribution is -2.70. The molecule has 3 heterocycles. The van der Waals surface area contributed by atoms with Gasteiger partial charge in [0.2, 0.25) is 0 Å². The quantitative estimate of drug-likeness (QED) is 0.351. The van der Waals surface area contributed by atoms with E-state index >= 15 is 4.39 Å². The fourth-order valence-corrected chi connectivity index (χ4v) is 5.90. The molecule has 31 heavy (non-hydrogen) atoms. The highest BCUT2D eigenvalue weighted by atomic mass is 19.1. The topological polar surface area (TPSA) is 69.8 Å². The first-order valence-electron chi connectivity index (χ1n) is 12.2. The summed E-state index contributed by atoms with van der Waals surface area (Å²) >= 11 is 0. The summed E-state index contributed by atoms with van der Waals surface area (Å²) in [6.07, 6.45) is 6.40. The molecule has 8 heteroatoms. The van der Waals surface area contributed by atoms with E-state index in [1.165, 1.54) is 5.57 Å². The summed E-state index contributed by atoms with van der Waals surface area (Å²) in [5.41, 5.74) is 1.28. The molecule has 0 aromatic carbocycles. The van der Waals surface area contributed by atoms with Crippen LogP contribution in [-0.4, -0.2) is 88.7 Å². The van der Waals surface area contributed by atoms with Crippen molar-refractivity contribution in [3.63, 3.8) is 0 Å². The van der Waals surface area contributed by atoms with Crippen LogP contribution < -0.4 is 21.3 Å². The van der Waals surface area contributed by atoms with Gasteiger partial charge in [0.25, 0.3) is 0 Å². The fraction of sp³-hybridized carbons (Fsp3) is 0.913. The number of halogens is 1. The zero-order valence-corrected chi connectivity index (χ0v) is 19.4. The lowest BCUT2D eigenvalue weighted by Gasteiger charge is -2.45. The third kappa shape index (κ3) is 5.85. The second-order valence-corrected chi connectivity index (χ2v) is 9.91. The number of alkyl halides is 1. The summed E-state index contributed by atoms with van der Waals surface area (Å²) in [6.45, 7) is 6.42. The van der Waals surface area contributed by atoms with Crippen molar-refractivity contribution in [2.24, 2.45) is 11.8 Å². The van der Waals surface area contributed by atoms with Gasteiger partial charge in [-0.25, -0.2) is 4.39 Å². The zero-order valence-electron chi connectivity index (χ0n) is 19.4. The molecular weight excluding hydrogens is 397 g/mol. The molecule has 4 rings (SSSR count). The number of rotatable bonds is 7. The van der Waals surface area contributed by atoms with Gasteiger partial charge in [-0.2, -0.15) is 0 Å². The van der Waals surface area contributed by atoms with Crippen LogP contribution in [0.1, 0.15) is 39.0 Å². The summed E-state index contributed by atoms with van der Waals surface area (Å²) < 4.78 is 27.3. The molecular formula is C23H42FN5O2. The summed E-state index contributed by atoms with van der Waals surface area (Å²) in [5, 5.41) is 14.2. The van der Waals surface area contributed by atoms with Gasteiger partial charge in [-0.3, -0.25) is 21.3 Å². The molecule has 3 aliphatic heterocycles. The average Bonchev–Trinajstić information content (AvgIpc) is 3.09. The normalized spacial score (nSPS) is 42.1. The third-order valence-electron chi connectivity index (χ3n) is 7.49. The van der Waals surface area contributed by atoms with Gasteiger partial charge in [-0.15, -0.1) is 0 Å². The predicted molar refractivity (Wildman–Crippen MR) is 120 cm³/mol. The number of nitrogens with zero attached hydrogens (tertiary/aromatic N) is 1. The van der Waals surface area contributed by atoms with Gasteiger partial charge in [-0.05, 0) is 58.5 Å². The minimum atomic E-state index is -0.935. The van der Waals surface area contributed by atoms with Crippen LogP contribution in [0.5, 0.6) is 0 Å². The SMILES string of the molecule is COCCNC1CC(C)NC(NC2CC3CCOC3C(C3=CCN(C)CCC3)C2F)N1.